The predicted octanol–water partition coefficient (Wildman–Crippen LogP) is 6.52. The van der Waals surface area contributed by atoms with E-state index in [0.29, 0.717) is 24.2 Å². The third-order valence-electron chi connectivity index (χ3n) is 6.19. The Bertz CT molecular complexity index is 455. The Balaban J connectivity index is 2.32. The molecule has 0 aliphatic heterocycles. The summed E-state index contributed by atoms with van der Waals surface area (Å²) in [4.78, 5) is 10.5. The van der Waals surface area contributed by atoms with Crippen LogP contribution in [-0.4, -0.2) is 22.3 Å². The minimum Gasteiger partial charge on any atom is -0.481 e. The van der Waals surface area contributed by atoms with E-state index in [4.69, 9.17) is 5.11 Å². The van der Waals surface area contributed by atoms with Crippen LogP contribution in [0.4, 0.5) is 0 Å². The van der Waals surface area contributed by atoms with Crippen molar-refractivity contribution in [1.29, 1.82) is 0 Å². The lowest BCUT2D eigenvalue weighted by Gasteiger charge is -2.23. The molecule has 1 fully saturated rings. The molecule has 0 radical (unpaired) electrons. The third kappa shape index (κ3) is 10.1. The fraction of sp³-hybridized carbons (Fsp3) is 0.792. The molecule has 0 unspecified atom stereocenters. The third-order valence-corrected chi connectivity index (χ3v) is 6.19. The van der Waals surface area contributed by atoms with Crippen LogP contribution in [-0.2, 0) is 4.79 Å². The lowest BCUT2D eigenvalue weighted by atomic mass is 9.82. The summed E-state index contributed by atoms with van der Waals surface area (Å²) in [6.45, 7) is 8.81. The van der Waals surface area contributed by atoms with Crippen molar-refractivity contribution in [1.82, 2.24) is 0 Å². The van der Waals surface area contributed by atoms with Crippen LogP contribution in [0.15, 0.2) is 24.3 Å². The first-order valence-electron chi connectivity index (χ1n) is 11.2. The molecule has 1 aliphatic carbocycles. The van der Waals surface area contributed by atoms with Gasteiger partial charge in [0.15, 0.2) is 0 Å². The Kier molecular flexibility index (Phi) is 12.4. The highest BCUT2D eigenvalue weighted by molar-refractivity contribution is 5.66. The van der Waals surface area contributed by atoms with Gasteiger partial charge in [-0.3, -0.25) is 4.79 Å². The van der Waals surface area contributed by atoms with E-state index in [1.807, 2.05) is 0 Å². The normalized spacial score (nSPS) is 25.3. The number of aliphatic hydroxyl groups excluding tert-OH is 1. The van der Waals surface area contributed by atoms with Crippen molar-refractivity contribution in [3.8, 4) is 0 Å². The summed E-state index contributed by atoms with van der Waals surface area (Å²) in [6, 6.07) is 0. The molecule has 1 saturated carbocycles. The van der Waals surface area contributed by atoms with E-state index in [0.717, 1.165) is 38.5 Å². The summed E-state index contributed by atoms with van der Waals surface area (Å²) in [6.07, 6.45) is 17.6. The van der Waals surface area contributed by atoms with Crippen LogP contribution in [0.2, 0.25) is 0 Å². The van der Waals surface area contributed by atoms with Gasteiger partial charge in [-0.1, -0.05) is 63.8 Å². The van der Waals surface area contributed by atoms with E-state index in [-0.39, 0.29) is 12.5 Å². The number of aliphatic carboxylic acids is 1. The maximum Gasteiger partial charge on any atom is 0.303 e. The van der Waals surface area contributed by atoms with Crippen molar-refractivity contribution in [3.63, 3.8) is 0 Å². The van der Waals surface area contributed by atoms with Crippen LogP contribution in [0.25, 0.3) is 0 Å². The molecule has 0 aromatic rings. The summed E-state index contributed by atoms with van der Waals surface area (Å²) in [5.41, 5.74) is 1.38. The first-order valence-corrected chi connectivity index (χ1v) is 11.2. The van der Waals surface area contributed by atoms with Gasteiger partial charge in [-0.25, -0.2) is 0 Å². The zero-order valence-corrected chi connectivity index (χ0v) is 17.7. The lowest BCUT2D eigenvalue weighted by Crippen LogP contribution is -2.19. The van der Waals surface area contributed by atoms with Gasteiger partial charge < -0.3 is 10.2 Å². The fourth-order valence-corrected chi connectivity index (χ4v) is 4.48. The van der Waals surface area contributed by atoms with Crippen LogP contribution in [0, 0.1) is 17.8 Å². The summed E-state index contributed by atoms with van der Waals surface area (Å²) in [7, 11) is 0. The number of carboxylic acid groups (broad SMARTS) is 1. The topological polar surface area (TPSA) is 57.5 Å². The number of carboxylic acids is 1. The van der Waals surface area contributed by atoms with Gasteiger partial charge in [-0.05, 0) is 69.1 Å². The molecular formula is C24H42O3. The second kappa shape index (κ2) is 14.0. The predicted molar refractivity (Wildman–Crippen MR) is 114 cm³/mol. The lowest BCUT2D eigenvalue weighted by molar-refractivity contribution is -0.137. The largest absolute Gasteiger partial charge is 0.481 e. The Hall–Kier alpha value is -1.09. The Labute approximate surface area is 166 Å². The highest BCUT2D eigenvalue weighted by atomic mass is 16.4. The summed E-state index contributed by atoms with van der Waals surface area (Å²) >= 11 is 0. The molecule has 3 nitrogen and oxygen atoms in total. The number of rotatable bonds is 15. The van der Waals surface area contributed by atoms with E-state index in [1.54, 1.807) is 0 Å². The maximum absolute atomic E-state index is 10.5. The van der Waals surface area contributed by atoms with Crippen LogP contribution in [0.3, 0.4) is 0 Å². The number of aliphatic hydroxyl groups is 1. The molecule has 0 spiro atoms. The number of unbranched alkanes of at least 4 members (excludes halogenated alkanes) is 5. The quantitative estimate of drug-likeness (QED) is 0.252. The summed E-state index contributed by atoms with van der Waals surface area (Å²) in [5.74, 6) is 0.755. The molecular weight excluding hydrogens is 336 g/mol. The van der Waals surface area contributed by atoms with Gasteiger partial charge in [0.1, 0.15) is 0 Å². The van der Waals surface area contributed by atoms with Gasteiger partial charge in [0.25, 0.3) is 0 Å². The Morgan fingerprint density at radius 1 is 1.04 bits per heavy atom. The Morgan fingerprint density at radius 2 is 1.78 bits per heavy atom. The SMILES string of the molecule is C=C(CCCCCCC)CC[C@@H]1[C@@H](CC=CCCCC(=O)O)[C@@H](O)C[C@H]1C. The Morgan fingerprint density at radius 3 is 2.48 bits per heavy atom. The molecule has 0 heterocycles. The van der Waals surface area contributed by atoms with E-state index >= 15 is 0 Å². The second-order valence-corrected chi connectivity index (χ2v) is 8.55. The number of carbonyl (C=O) groups is 1. The van der Waals surface area contributed by atoms with Crippen LogP contribution in [0.5, 0.6) is 0 Å². The van der Waals surface area contributed by atoms with Crippen molar-refractivity contribution in [2.24, 2.45) is 17.8 Å². The van der Waals surface area contributed by atoms with E-state index in [1.165, 1.54) is 37.7 Å². The number of hydrogen-bond acceptors (Lipinski definition) is 2. The van der Waals surface area contributed by atoms with Crippen molar-refractivity contribution in [3.05, 3.63) is 24.3 Å². The molecule has 4 atom stereocenters. The van der Waals surface area contributed by atoms with Crippen molar-refractivity contribution >= 4 is 5.97 Å². The molecule has 0 saturated heterocycles. The van der Waals surface area contributed by atoms with E-state index < -0.39 is 5.97 Å². The fourth-order valence-electron chi connectivity index (χ4n) is 4.48. The van der Waals surface area contributed by atoms with Crippen molar-refractivity contribution in [2.45, 2.75) is 103 Å². The van der Waals surface area contributed by atoms with Gasteiger partial charge in [0.2, 0.25) is 0 Å². The van der Waals surface area contributed by atoms with Crippen molar-refractivity contribution < 1.29 is 15.0 Å². The molecule has 1 aliphatic rings. The number of hydrogen-bond donors (Lipinski definition) is 2. The first-order chi connectivity index (χ1) is 13.0. The molecule has 0 aromatic heterocycles. The van der Waals surface area contributed by atoms with Crippen LogP contribution < -0.4 is 0 Å². The van der Waals surface area contributed by atoms with Crippen LogP contribution >= 0.6 is 0 Å². The van der Waals surface area contributed by atoms with Gasteiger partial charge in [-0.2, -0.15) is 0 Å². The highest BCUT2D eigenvalue weighted by Gasteiger charge is 2.38. The van der Waals surface area contributed by atoms with Gasteiger partial charge in [0.05, 0.1) is 6.10 Å². The molecule has 2 N–H and O–H groups in total. The minimum atomic E-state index is -0.728. The van der Waals surface area contributed by atoms with E-state index in [9.17, 15) is 9.90 Å². The molecule has 3 heteroatoms. The standard InChI is InChI=1S/C24H42O3/c1-4-5-6-7-10-13-19(2)16-17-21-20(3)18-23(25)22(21)14-11-8-9-12-15-24(26)27/h8,11,20-23,25H,2,4-7,9-10,12-18H2,1,3H3,(H,26,27)/t20-,21+,22-,23+/m1/s1. The maximum atomic E-state index is 10.5. The summed E-state index contributed by atoms with van der Waals surface area (Å²) < 4.78 is 0. The average molecular weight is 379 g/mol. The average Bonchev–Trinajstić information content (AvgIpc) is 2.88. The minimum absolute atomic E-state index is 0.198. The zero-order valence-electron chi connectivity index (χ0n) is 17.7. The zero-order chi connectivity index (χ0) is 20.1. The van der Waals surface area contributed by atoms with Crippen molar-refractivity contribution in [2.75, 3.05) is 0 Å². The monoisotopic (exact) mass is 378 g/mol. The molecule has 0 amide bonds. The smallest absolute Gasteiger partial charge is 0.303 e. The van der Waals surface area contributed by atoms with E-state index in [2.05, 4.69) is 32.6 Å². The second-order valence-electron chi connectivity index (χ2n) is 8.55. The molecule has 1 rings (SSSR count). The molecule has 0 aromatic carbocycles. The van der Waals surface area contributed by atoms with Crippen LogP contribution in [0.1, 0.15) is 97.3 Å². The van der Waals surface area contributed by atoms with Gasteiger partial charge >= 0.3 is 5.97 Å². The summed E-state index contributed by atoms with van der Waals surface area (Å²) in [5, 5.41) is 19.1. The molecule has 27 heavy (non-hydrogen) atoms. The first kappa shape index (κ1) is 23.9. The molecule has 156 valence electrons. The highest BCUT2D eigenvalue weighted by Crippen LogP contribution is 2.42. The van der Waals surface area contributed by atoms with Gasteiger partial charge in [0, 0.05) is 6.42 Å². The molecule has 0 bridgehead atoms. The number of allylic oxidation sites excluding steroid dienone is 3. The van der Waals surface area contributed by atoms with Gasteiger partial charge in [-0.15, -0.1) is 0 Å².